The number of nitrogens with zero attached hydrogens (tertiary/aromatic N) is 2. The lowest BCUT2D eigenvalue weighted by Crippen LogP contribution is -2.30. The third-order valence-corrected chi connectivity index (χ3v) is 3.46. The van der Waals surface area contributed by atoms with Crippen LogP contribution in [0.1, 0.15) is 25.7 Å². The molecule has 0 atom stereocenters. The van der Waals surface area contributed by atoms with Gasteiger partial charge in [0.2, 0.25) is 5.91 Å². The van der Waals surface area contributed by atoms with Crippen molar-refractivity contribution in [3.8, 4) is 0 Å². The maximum atomic E-state index is 11.7. The Morgan fingerprint density at radius 3 is 3.00 bits per heavy atom. The zero-order chi connectivity index (χ0) is 12.6. The highest BCUT2D eigenvalue weighted by atomic mass is 16.1. The second-order valence-corrected chi connectivity index (χ2v) is 4.85. The van der Waals surface area contributed by atoms with Crippen LogP contribution in [0.3, 0.4) is 0 Å². The first-order valence-electron chi connectivity index (χ1n) is 6.79. The maximum Gasteiger partial charge on any atom is 0.220 e. The Kier molecular flexibility index (Phi) is 5.20. The van der Waals surface area contributed by atoms with Crippen molar-refractivity contribution in [3.63, 3.8) is 0 Å². The Hall–Kier alpha value is -1.36. The molecule has 1 fully saturated rings. The molecule has 2 heterocycles. The van der Waals surface area contributed by atoms with Crippen LogP contribution in [0.2, 0.25) is 0 Å². The number of piperidine rings is 1. The molecule has 5 heteroatoms. The maximum absolute atomic E-state index is 11.7. The second kappa shape index (κ2) is 7.16. The molecule has 2 N–H and O–H groups in total. The SMILES string of the molecule is O=C(CCC1CCNCC1)NCCn1cccn1. The van der Waals surface area contributed by atoms with E-state index in [1.165, 1.54) is 12.8 Å². The molecule has 1 aromatic heterocycles. The predicted octanol–water partition coefficient (Wildman–Crippen LogP) is 0.779. The Balaban J connectivity index is 1.54. The molecule has 0 aliphatic carbocycles. The van der Waals surface area contributed by atoms with Gasteiger partial charge in [-0.1, -0.05) is 0 Å². The molecule has 1 amide bonds. The molecule has 1 saturated heterocycles. The van der Waals surface area contributed by atoms with E-state index in [-0.39, 0.29) is 5.91 Å². The van der Waals surface area contributed by atoms with Crippen molar-refractivity contribution in [1.82, 2.24) is 20.4 Å². The number of aromatic nitrogens is 2. The predicted molar refractivity (Wildman–Crippen MR) is 70.1 cm³/mol. The van der Waals surface area contributed by atoms with E-state index >= 15 is 0 Å². The summed E-state index contributed by atoms with van der Waals surface area (Å²) in [6.07, 6.45) is 7.75. The lowest BCUT2D eigenvalue weighted by molar-refractivity contribution is -0.121. The average Bonchev–Trinajstić information content (AvgIpc) is 2.91. The summed E-state index contributed by atoms with van der Waals surface area (Å²) in [5.41, 5.74) is 0. The van der Waals surface area contributed by atoms with Crippen molar-refractivity contribution in [2.24, 2.45) is 5.92 Å². The fourth-order valence-electron chi connectivity index (χ4n) is 2.34. The average molecular weight is 250 g/mol. The highest BCUT2D eigenvalue weighted by Crippen LogP contribution is 2.17. The monoisotopic (exact) mass is 250 g/mol. The van der Waals surface area contributed by atoms with Gasteiger partial charge in [0.1, 0.15) is 0 Å². The van der Waals surface area contributed by atoms with E-state index < -0.39 is 0 Å². The normalized spacial score (nSPS) is 16.7. The molecule has 0 saturated carbocycles. The summed E-state index contributed by atoms with van der Waals surface area (Å²) in [5.74, 6) is 0.892. The summed E-state index contributed by atoms with van der Waals surface area (Å²) >= 11 is 0. The molecule has 18 heavy (non-hydrogen) atoms. The molecular weight excluding hydrogens is 228 g/mol. The van der Waals surface area contributed by atoms with E-state index in [2.05, 4.69) is 15.7 Å². The van der Waals surface area contributed by atoms with Crippen LogP contribution < -0.4 is 10.6 Å². The zero-order valence-electron chi connectivity index (χ0n) is 10.8. The van der Waals surface area contributed by atoms with Crippen LogP contribution in [0, 0.1) is 5.92 Å². The quantitative estimate of drug-likeness (QED) is 0.784. The van der Waals surface area contributed by atoms with Gasteiger partial charge in [-0.3, -0.25) is 9.48 Å². The lowest BCUT2D eigenvalue weighted by Gasteiger charge is -2.22. The Labute approximate surface area is 108 Å². The summed E-state index contributed by atoms with van der Waals surface area (Å²) in [5, 5.41) is 10.4. The van der Waals surface area contributed by atoms with Crippen molar-refractivity contribution >= 4 is 5.91 Å². The molecule has 1 aliphatic heterocycles. The lowest BCUT2D eigenvalue weighted by atomic mass is 9.93. The van der Waals surface area contributed by atoms with Gasteiger partial charge in [-0.15, -0.1) is 0 Å². The molecule has 5 nitrogen and oxygen atoms in total. The minimum Gasteiger partial charge on any atom is -0.354 e. The van der Waals surface area contributed by atoms with E-state index in [1.807, 2.05) is 16.9 Å². The van der Waals surface area contributed by atoms with Crippen LogP contribution in [0.5, 0.6) is 0 Å². The number of amides is 1. The number of carbonyl (C=O) groups excluding carboxylic acids is 1. The van der Waals surface area contributed by atoms with Crippen LogP contribution in [-0.4, -0.2) is 35.3 Å². The first kappa shape index (κ1) is 13.1. The van der Waals surface area contributed by atoms with Crippen LogP contribution >= 0.6 is 0 Å². The summed E-state index contributed by atoms with van der Waals surface area (Å²) < 4.78 is 1.83. The standard InChI is InChI=1S/C13H22N4O/c18-13(3-2-12-4-7-14-8-5-12)15-9-11-17-10-1-6-16-17/h1,6,10,12,14H,2-5,7-9,11H2,(H,15,18). The smallest absolute Gasteiger partial charge is 0.220 e. The summed E-state index contributed by atoms with van der Waals surface area (Å²) in [6, 6.07) is 1.89. The van der Waals surface area contributed by atoms with Crippen LogP contribution in [0.25, 0.3) is 0 Å². The Morgan fingerprint density at radius 1 is 1.44 bits per heavy atom. The van der Waals surface area contributed by atoms with E-state index in [0.717, 1.165) is 32.0 Å². The van der Waals surface area contributed by atoms with Gasteiger partial charge in [0, 0.05) is 25.4 Å². The number of hydrogen-bond acceptors (Lipinski definition) is 3. The van der Waals surface area contributed by atoms with Gasteiger partial charge in [0.25, 0.3) is 0 Å². The van der Waals surface area contributed by atoms with Crippen molar-refractivity contribution in [2.45, 2.75) is 32.2 Å². The molecule has 100 valence electrons. The highest BCUT2D eigenvalue weighted by Gasteiger charge is 2.14. The first-order valence-corrected chi connectivity index (χ1v) is 6.79. The Bertz CT molecular complexity index is 344. The highest BCUT2D eigenvalue weighted by molar-refractivity contribution is 5.75. The van der Waals surface area contributed by atoms with Crippen LogP contribution in [0.15, 0.2) is 18.5 Å². The van der Waals surface area contributed by atoms with Gasteiger partial charge in [0.05, 0.1) is 6.54 Å². The molecule has 0 aromatic carbocycles. The largest absolute Gasteiger partial charge is 0.354 e. The number of carbonyl (C=O) groups is 1. The van der Waals surface area contributed by atoms with Gasteiger partial charge in [-0.2, -0.15) is 5.10 Å². The molecule has 0 unspecified atom stereocenters. The van der Waals surface area contributed by atoms with Gasteiger partial charge in [-0.05, 0) is 44.3 Å². The number of rotatable bonds is 6. The molecule has 2 rings (SSSR count). The molecular formula is C13H22N4O. The van der Waals surface area contributed by atoms with E-state index in [9.17, 15) is 4.79 Å². The summed E-state index contributed by atoms with van der Waals surface area (Å²) in [7, 11) is 0. The fraction of sp³-hybridized carbons (Fsp3) is 0.692. The third kappa shape index (κ3) is 4.49. The number of nitrogens with one attached hydrogen (secondary N) is 2. The van der Waals surface area contributed by atoms with Crippen molar-refractivity contribution < 1.29 is 4.79 Å². The zero-order valence-corrected chi connectivity index (χ0v) is 10.8. The second-order valence-electron chi connectivity index (χ2n) is 4.85. The van der Waals surface area contributed by atoms with Gasteiger partial charge in [-0.25, -0.2) is 0 Å². The first-order chi connectivity index (χ1) is 8.84. The van der Waals surface area contributed by atoms with E-state index in [4.69, 9.17) is 0 Å². The minimum atomic E-state index is 0.167. The summed E-state index contributed by atoms with van der Waals surface area (Å²) in [6.45, 7) is 3.61. The van der Waals surface area contributed by atoms with E-state index in [0.29, 0.717) is 13.0 Å². The summed E-state index contributed by atoms with van der Waals surface area (Å²) in [4.78, 5) is 11.7. The van der Waals surface area contributed by atoms with Crippen LogP contribution in [-0.2, 0) is 11.3 Å². The molecule has 0 spiro atoms. The molecule has 0 radical (unpaired) electrons. The van der Waals surface area contributed by atoms with E-state index in [1.54, 1.807) is 6.20 Å². The number of hydrogen-bond donors (Lipinski definition) is 2. The fourth-order valence-corrected chi connectivity index (χ4v) is 2.34. The van der Waals surface area contributed by atoms with Gasteiger partial charge < -0.3 is 10.6 Å². The topological polar surface area (TPSA) is 59.0 Å². The van der Waals surface area contributed by atoms with Crippen LogP contribution in [0.4, 0.5) is 0 Å². The van der Waals surface area contributed by atoms with Gasteiger partial charge in [0.15, 0.2) is 0 Å². The Morgan fingerprint density at radius 2 is 2.28 bits per heavy atom. The van der Waals surface area contributed by atoms with Crippen molar-refractivity contribution in [3.05, 3.63) is 18.5 Å². The minimum absolute atomic E-state index is 0.167. The molecule has 1 aliphatic rings. The molecule has 1 aromatic rings. The van der Waals surface area contributed by atoms with Crippen molar-refractivity contribution in [2.75, 3.05) is 19.6 Å². The third-order valence-electron chi connectivity index (χ3n) is 3.46. The van der Waals surface area contributed by atoms with Gasteiger partial charge >= 0.3 is 0 Å². The molecule has 0 bridgehead atoms. The van der Waals surface area contributed by atoms with Crippen molar-refractivity contribution in [1.29, 1.82) is 0 Å².